The summed E-state index contributed by atoms with van der Waals surface area (Å²) >= 11 is 0. The van der Waals surface area contributed by atoms with Gasteiger partial charge >= 0.3 is 6.09 Å². The van der Waals surface area contributed by atoms with E-state index >= 15 is 0 Å². The molecule has 5 rings (SSSR count). The number of carbonyl (C=O) groups is 2. The first-order valence-electron chi connectivity index (χ1n) is 11.7. The first kappa shape index (κ1) is 22.2. The molecular weight excluding hydrogens is 432 g/mol. The number of amides is 2. The highest BCUT2D eigenvalue weighted by Crippen LogP contribution is 2.35. The highest BCUT2D eigenvalue weighted by Gasteiger charge is 2.32. The molecule has 0 radical (unpaired) electrons. The summed E-state index contributed by atoms with van der Waals surface area (Å²) in [6, 6.07) is 16.7. The Morgan fingerprint density at radius 3 is 2.76 bits per heavy atom. The van der Waals surface area contributed by atoms with Gasteiger partial charge in [-0.1, -0.05) is 42.5 Å². The van der Waals surface area contributed by atoms with Gasteiger partial charge in [0.1, 0.15) is 6.04 Å². The molecule has 0 aliphatic carbocycles. The van der Waals surface area contributed by atoms with E-state index in [0.29, 0.717) is 13.0 Å². The molecule has 2 amide bonds. The van der Waals surface area contributed by atoms with Gasteiger partial charge < -0.3 is 20.1 Å². The van der Waals surface area contributed by atoms with Gasteiger partial charge in [-0.25, -0.2) is 9.48 Å². The Bertz CT molecular complexity index is 1170. The predicted octanol–water partition coefficient (Wildman–Crippen LogP) is 4.02. The maximum atomic E-state index is 13.5. The fourth-order valence-corrected chi connectivity index (χ4v) is 4.84. The van der Waals surface area contributed by atoms with Crippen LogP contribution in [0, 0.1) is 0 Å². The Kier molecular flexibility index (Phi) is 6.31. The van der Waals surface area contributed by atoms with Crippen LogP contribution >= 0.6 is 0 Å². The van der Waals surface area contributed by atoms with Crippen molar-refractivity contribution in [2.75, 3.05) is 18.1 Å². The fourth-order valence-electron chi connectivity index (χ4n) is 4.84. The molecule has 2 aromatic carbocycles. The number of ether oxygens (including phenoxy) is 1. The fraction of sp³-hybridized carbons (Fsp3) is 0.346. The van der Waals surface area contributed by atoms with Gasteiger partial charge in [0, 0.05) is 37.0 Å². The molecule has 2 atom stereocenters. The Labute approximate surface area is 198 Å². The van der Waals surface area contributed by atoms with Gasteiger partial charge in [-0.05, 0) is 48.9 Å². The van der Waals surface area contributed by atoms with E-state index in [4.69, 9.17) is 4.74 Å². The van der Waals surface area contributed by atoms with Crippen molar-refractivity contribution in [2.24, 2.45) is 0 Å². The summed E-state index contributed by atoms with van der Waals surface area (Å²) in [7, 11) is 0. The quantitative estimate of drug-likeness (QED) is 0.579. The third-order valence-corrected chi connectivity index (χ3v) is 6.52. The molecule has 0 bridgehead atoms. The SMILES string of the molecule is O=C(O)NC(Cc1ccccc1)C(=O)N1CCc2ccc(-c3ccnn3C3CCCCO3)cc21. The number of rotatable bonds is 6. The summed E-state index contributed by atoms with van der Waals surface area (Å²) in [5.41, 5.74) is 4.70. The largest absolute Gasteiger partial charge is 0.465 e. The van der Waals surface area contributed by atoms with E-state index < -0.39 is 12.1 Å². The number of fused-ring (bicyclic) bond motifs is 1. The molecule has 2 N–H and O–H groups in total. The average molecular weight is 461 g/mol. The highest BCUT2D eigenvalue weighted by atomic mass is 16.5. The van der Waals surface area contributed by atoms with Crippen molar-refractivity contribution >= 4 is 17.7 Å². The molecule has 2 unspecified atom stereocenters. The minimum Gasteiger partial charge on any atom is -0.465 e. The van der Waals surface area contributed by atoms with E-state index in [1.165, 1.54) is 0 Å². The zero-order chi connectivity index (χ0) is 23.5. The van der Waals surface area contributed by atoms with E-state index in [2.05, 4.69) is 16.5 Å². The third kappa shape index (κ3) is 4.54. The maximum Gasteiger partial charge on any atom is 0.405 e. The second-order valence-electron chi connectivity index (χ2n) is 8.76. The maximum absolute atomic E-state index is 13.5. The minimum atomic E-state index is -1.21. The van der Waals surface area contributed by atoms with Crippen molar-refractivity contribution < 1.29 is 19.4 Å². The molecule has 0 spiro atoms. The van der Waals surface area contributed by atoms with Crippen molar-refractivity contribution in [1.82, 2.24) is 15.1 Å². The molecule has 2 aliphatic heterocycles. The molecule has 1 saturated heterocycles. The standard InChI is InChI=1S/C26H28N4O4/c31-25(21(28-26(32)33)16-18-6-2-1-3-7-18)29-14-12-19-9-10-20(17-23(19)29)22-11-13-27-30(22)24-8-4-5-15-34-24/h1-3,6-7,9-11,13,17,21,24,28H,4-5,8,12,14-16H2,(H,32,33). The van der Waals surface area contributed by atoms with Gasteiger partial charge in [-0.15, -0.1) is 0 Å². The van der Waals surface area contributed by atoms with Crippen LogP contribution in [0.3, 0.4) is 0 Å². The second-order valence-corrected chi connectivity index (χ2v) is 8.76. The van der Waals surface area contributed by atoms with E-state index in [0.717, 1.165) is 60.4 Å². The van der Waals surface area contributed by atoms with Crippen molar-refractivity contribution in [1.29, 1.82) is 0 Å². The molecular formula is C26H28N4O4. The van der Waals surface area contributed by atoms with Crippen molar-refractivity contribution in [3.63, 3.8) is 0 Å². The molecule has 8 nitrogen and oxygen atoms in total. The molecule has 1 aromatic heterocycles. The Morgan fingerprint density at radius 1 is 1.15 bits per heavy atom. The lowest BCUT2D eigenvalue weighted by molar-refractivity contribution is -0.120. The topological polar surface area (TPSA) is 96.7 Å². The van der Waals surface area contributed by atoms with Crippen LogP contribution in [0.4, 0.5) is 10.5 Å². The molecule has 0 saturated carbocycles. The first-order valence-corrected chi connectivity index (χ1v) is 11.7. The summed E-state index contributed by atoms with van der Waals surface area (Å²) in [5, 5.41) is 16.3. The summed E-state index contributed by atoms with van der Waals surface area (Å²) in [4.78, 5) is 26.7. The Morgan fingerprint density at radius 2 is 2.00 bits per heavy atom. The van der Waals surface area contributed by atoms with E-state index in [-0.39, 0.29) is 12.1 Å². The number of nitrogens with zero attached hydrogens (tertiary/aromatic N) is 3. The lowest BCUT2D eigenvalue weighted by Crippen LogP contribution is -2.49. The highest BCUT2D eigenvalue weighted by molar-refractivity contribution is 6.01. The van der Waals surface area contributed by atoms with Gasteiger partial charge in [0.2, 0.25) is 5.91 Å². The Balaban J connectivity index is 1.42. The minimum absolute atomic E-state index is 0.0836. The number of carboxylic acid groups (broad SMARTS) is 1. The van der Waals surface area contributed by atoms with Crippen LogP contribution in [0.2, 0.25) is 0 Å². The normalized spacial score (nSPS) is 18.4. The lowest BCUT2D eigenvalue weighted by Gasteiger charge is -2.26. The molecule has 34 heavy (non-hydrogen) atoms. The number of hydrogen-bond acceptors (Lipinski definition) is 4. The van der Waals surface area contributed by atoms with Gasteiger partial charge in [-0.2, -0.15) is 5.10 Å². The van der Waals surface area contributed by atoms with E-state index in [1.807, 2.05) is 53.2 Å². The van der Waals surface area contributed by atoms with Gasteiger partial charge in [0.05, 0.1) is 5.69 Å². The van der Waals surface area contributed by atoms with Crippen molar-refractivity contribution in [3.8, 4) is 11.3 Å². The first-order chi connectivity index (χ1) is 16.6. The smallest absolute Gasteiger partial charge is 0.405 e. The van der Waals surface area contributed by atoms with Crippen molar-refractivity contribution in [2.45, 2.75) is 44.4 Å². The van der Waals surface area contributed by atoms with Crippen LogP contribution in [-0.2, 0) is 22.4 Å². The number of carbonyl (C=O) groups excluding carboxylic acids is 1. The third-order valence-electron chi connectivity index (χ3n) is 6.52. The van der Waals surface area contributed by atoms with E-state index in [9.17, 15) is 14.7 Å². The number of anilines is 1. The van der Waals surface area contributed by atoms with Gasteiger partial charge in [-0.3, -0.25) is 4.79 Å². The number of hydrogen-bond donors (Lipinski definition) is 2. The van der Waals surface area contributed by atoms with Crippen LogP contribution in [0.15, 0.2) is 60.8 Å². The molecule has 2 aliphatic rings. The molecule has 1 fully saturated rings. The average Bonchev–Trinajstić information content (AvgIpc) is 3.51. The molecule has 8 heteroatoms. The monoisotopic (exact) mass is 460 g/mol. The van der Waals surface area contributed by atoms with Crippen LogP contribution in [0.5, 0.6) is 0 Å². The van der Waals surface area contributed by atoms with Crippen molar-refractivity contribution in [3.05, 3.63) is 71.9 Å². The van der Waals surface area contributed by atoms with Crippen LogP contribution in [-0.4, -0.2) is 46.1 Å². The van der Waals surface area contributed by atoms with Gasteiger partial charge in [0.15, 0.2) is 6.23 Å². The van der Waals surface area contributed by atoms with E-state index in [1.54, 1.807) is 11.1 Å². The summed E-state index contributed by atoms with van der Waals surface area (Å²) in [6.45, 7) is 1.25. The summed E-state index contributed by atoms with van der Waals surface area (Å²) < 4.78 is 7.86. The number of aromatic nitrogens is 2. The summed E-state index contributed by atoms with van der Waals surface area (Å²) in [5.74, 6) is -0.244. The number of nitrogens with one attached hydrogen (secondary N) is 1. The Hall–Kier alpha value is -3.65. The molecule has 176 valence electrons. The molecule has 3 heterocycles. The zero-order valence-corrected chi connectivity index (χ0v) is 18.9. The number of benzene rings is 2. The lowest BCUT2D eigenvalue weighted by atomic mass is 10.0. The summed E-state index contributed by atoms with van der Waals surface area (Å²) in [6.07, 6.45) is 4.61. The predicted molar refractivity (Wildman–Crippen MR) is 128 cm³/mol. The second kappa shape index (κ2) is 9.69. The van der Waals surface area contributed by atoms with Crippen LogP contribution in [0.25, 0.3) is 11.3 Å². The van der Waals surface area contributed by atoms with Crippen LogP contribution in [0.1, 0.15) is 36.6 Å². The van der Waals surface area contributed by atoms with Crippen LogP contribution < -0.4 is 10.2 Å². The van der Waals surface area contributed by atoms with Gasteiger partial charge in [0.25, 0.3) is 0 Å². The zero-order valence-electron chi connectivity index (χ0n) is 18.9. The molecule has 3 aromatic rings.